The Morgan fingerprint density at radius 2 is 2.00 bits per heavy atom. The van der Waals surface area contributed by atoms with Gasteiger partial charge in [0.05, 0.1) is 11.8 Å². The van der Waals surface area contributed by atoms with Gasteiger partial charge in [-0.15, -0.1) is 0 Å². The molecule has 1 aliphatic rings. The summed E-state index contributed by atoms with van der Waals surface area (Å²) in [4.78, 5) is 12.8. The van der Waals surface area contributed by atoms with E-state index in [0.29, 0.717) is 5.69 Å². The number of hydrogen-bond donors (Lipinski definition) is 2. The van der Waals surface area contributed by atoms with Crippen LogP contribution in [0.4, 0.5) is 5.69 Å². The minimum atomic E-state index is -3.77. The standard InChI is InChI=1S/C13H16N4O6S/c1-16(2)24(21,22)10-4-3-8(11-12(10)15-23-14-11)17-6-7(18)5-9(17)13(19)20/h3-4,7,9,18H,5-6H2,1-2H3,(H,19,20). The van der Waals surface area contributed by atoms with Crippen LogP contribution in [0.15, 0.2) is 21.7 Å². The number of anilines is 1. The number of aliphatic carboxylic acids is 1. The van der Waals surface area contributed by atoms with Crippen molar-refractivity contribution in [3.63, 3.8) is 0 Å². The molecule has 0 bridgehead atoms. The highest BCUT2D eigenvalue weighted by Gasteiger charge is 2.38. The molecule has 1 aromatic heterocycles. The van der Waals surface area contributed by atoms with E-state index in [9.17, 15) is 23.4 Å². The number of nitrogens with zero attached hydrogens (tertiary/aromatic N) is 4. The summed E-state index contributed by atoms with van der Waals surface area (Å²) in [5.74, 6) is -1.08. The quantitative estimate of drug-likeness (QED) is 0.742. The van der Waals surface area contributed by atoms with Crippen molar-refractivity contribution in [1.82, 2.24) is 14.6 Å². The zero-order valence-corrected chi connectivity index (χ0v) is 13.8. The number of aliphatic hydroxyl groups excluding tert-OH is 1. The topological polar surface area (TPSA) is 137 Å². The number of sulfonamides is 1. The van der Waals surface area contributed by atoms with Crippen molar-refractivity contribution in [2.75, 3.05) is 25.5 Å². The first-order valence-corrected chi connectivity index (χ1v) is 8.52. The number of fused-ring (bicyclic) bond motifs is 1. The van der Waals surface area contributed by atoms with Gasteiger partial charge in [0.25, 0.3) is 0 Å². The van der Waals surface area contributed by atoms with Crippen molar-refractivity contribution in [2.24, 2.45) is 0 Å². The molecule has 2 unspecified atom stereocenters. The Morgan fingerprint density at radius 1 is 1.33 bits per heavy atom. The molecular formula is C13H16N4O6S. The van der Waals surface area contributed by atoms with Gasteiger partial charge in [-0.25, -0.2) is 22.1 Å². The fourth-order valence-electron chi connectivity index (χ4n) is 2.78. The monoisotopic (exact) mass is 356 g/mol. The summed E-state index contributed by atoms with van der Waals surface area (Å²) in [7, 11) is -0.990. The van der Waals surface area contributed by atoms with Gasteiger partial charge in [-0.2, -0.15) is 0 Å². The van der Waals surface area contributed by atoms with Gasteiger partial charge in [0.1, 0.15) is 10.9 Å². The fourth-order valence-corrected chi connectivity index (χ4v) is 3.79. The Kier molecular flexibility index (Phi) is 3.94. The summed E-state index contributed by atoms with van der Waals surface area (Å²) in [6, 6.07) is 1.86. The van der Waals surface area contributed by atoms with Crippen LogP contribution in [0.5, 0.6) is 0 Å². The second-order valence-corrected chi connectivity index (χ2v) is 7.85. The third-order valence-corrected chi connectivity index (χ3v) is 5.84. The Hall–Kier alpha value is -2.24. The first-order chi connectivity index (χ1) is 11.2. The van der Waals surface area contributed by atoms with Crippen molar-refractivity contribution in [3.8, 4) is 0 Å². The SMILES string of the molecule is CN(C)S(=O)(=O)c1ccc(N2CC(O)CC2C(=O)O)c2nonc12. The molecule has 1 aliphatic heterocycles. The summed E-state index contributed by atoms with van der Waals surface area (Å²) < 4.78 is 30.5. The molecule has 1 saturated heterocycles. The van der Waals surface area contributed by atoms with E-state index in [1.54, 1.807) is 0 Å². The van der Waals surface area contributed by atoms with Crippen molar-refractivity contribution < 1.29 is 28.1 Å². The van der Waals surface area contributed by atoms with Crippen molar-refractivity contribution >= 4 is 32.7 Å². The van der Waals surface area contributed by atoms with Crippen LogP contribution in [0.25, 0.3) is 11.0 Å². The molecule has 24 heavy (non-hydrogen) atoms. The predicted octanol–water partition coefficient (Wildman–Crippen LogP) is -0.503. The minimum Gasteiger partial charge on any atom is -0.480 e. The van der Waals surface area contributed by atoms with E-state index in [4.69, 9.17) is 0 Å². The largest absolute Gasteiger partial charge is 0.480 e. The summed E-state index contributed by atoms with van der Waals surface area (Å²) in [6.07, 6.45) is -0.731. The van der Waals surface area contributed by atoms with Crippen molar-refractivity contribution in [2.45, 2.75) is 23.5 Å². The molecule has 11 heteroatoms. The van der Waals surface area contributed by atoms with Crippen LogP contribution in [0, 0.1) is 0 Å². The average Bonchev–Trinajstić information content (AvgIpc) is 3.12. The Labute approximate surface area is 137 Å². The van der Waals surface area contributed by atoms with Crippen molar-refractivity contribution in [3.05, 3.63) is 12.1 Å². The van der Waals surface area contributed by atoms with Gasteiger partial charge in [-0.3, -0.25) is 0 Å². The summed E-state index contributed by atoms with van der Waals surface area (Å²) in [5, 5.41) is 26.5. The lowest BCUT2D eigenvalue weighted by Crippen LogP contribution is -2.36. The Morgan fingerprint density at radius 3 is 2.62 bits per heavy atom. The average molecular weight is 356 g/mol. The van der Waals surface area contributed by atoms with Gasteiger partial charge in [0.2, 0.25) is 10.0 Å². The van der Waals surface area contributed by atoms with Crippen LogP contribution in [0.2, 0.25) is 0 Å². The number of aliphatic hydroxyl groups is 1. The van der Waals surface area contributed by atoms with Crippen LogP contribution < -0.4 is 4.90 Å². The number of carboxylic acid groups (broad SMARTS) is 1. The maximum absolute atomic E-state index is 12.4. The number of aromatic nitrogens is 2. The van der Waals surface area contributed by atoms with Crippen LogP contribution in [-0.2, 0) is 14.8 Å². The zero-order valence-electron chi connectivity index (χ0n) is 12.9. The number of benzene rings is 1. The normalized spacial score (nSPS) is 21.8. The van der Waals surface area contributed by atoms with E-state index < -0.39 is 28.1 Å². The lowest BCUT2D eigenvalue weighted by atomic mass is 10.2. The molecule has 2 aromatic rings. The van der Waals surface area contributed by atoms with Crippen LogP contribution >= 0.6 is 0 Å². The molecule has 130 valence electrons. The van der Waals surface area contributed by atoms with Gasteiger partial charge >= 0.3 is 5.97 Å². The molecule has 2 heterocycles. The smallest absolute Gasteiger partial charge is 0.326 e. The van der Waals surface area contributed by atoms with E-state index in [0.717, 1.165) is 4.31 Å². The number of rotatable bonds is 4. The van der Waals surface area contributed by atoms with E-state index in [1.807, 2.05) is 0 Å². The van der Waals surface area contributed by atoms with Gasteiger partial charge < -0.3 is 15.1 Å². The Balaban J connectivity index is 2.16. The molecule has 0 saturated carbocycles. The van der Waals surface area contributed by atoms with E-state index >= 15 is 0 Å². The first kappa shape index (κ1) is 16.6. The third kappa shape index (κ3) is 2.50. The summed E-state index contributed by atoms with van der Waals surface area (Å²) >= 11 is 0. The molecule has 10 nitrogen and oxygen atoms in total. The molecule has 2 atom stereocenters. The third-order valence-electron chi connectivity index (χ3n) is 3.99. The Bertz CT molecular complexity index is 893. The van der Waals surface area contributed by atoms with E-state index in [2.05, 4.69) is 14.9 Å². The molecule has 0 radical (unpaired) electrons. The highest BCUT2D eigenvalue weighted by molar-refractivity contribution is 7.89. The zero-order chi connectivity index (χ0) is 17.6. The van der Waals surface area contributed by atoms with Crippen LogP contribution in [0.3, 0.4) is 0 Å². The van der Waals surface area contributed by atoms with Crippen LogP contribution in [0.1, 0.15) is 6.42 Å². The van der Waals surface area contributed by atoms with Gasteiger partial charge in [0.15, 0.2) is 11.0 Å². The van der Waals surface area contributed by atoms with Crippen molar-refractivity contribution in [1.29, 1.82) is 0 Å². The van der Waals surface area contributed by atoms with Gasteiger partial charge in [-0.1, -0.05) is 0 Å². The second-order valence-electron chi connectivity index (χ2n) is 5.73. The fraction of sp³-hybridized carbons (Fsp3) is 0.462. The van der Waals surface area contributed by atoms with Gasteiger partial charge in [0, 0.05) is 27.1 Å². The van der Waals surface area contributed by atoms with E-state index in [1.165, 1.54) is 31.1 Å². The molecule has 1 aromatic carbocycles. The molecule has 3 rings (SSSR count). The van der Waals surface area contributed by atoms with E-state index in [-0.39, 0.29) is 28.9 Å². The minimum absolute atomic E-state index is 0.0201. The molecule has 0 aliphatic carbocycles. The number of β-amino-alcohol motifs (C(OH)–C–C–N with tert-alkyl or cyclic N) is 1. The maximum Gasteiger partial charge on any atom is 0.326 e. The first-order valence-electron chi connectivity index (χ1n) is 7.08. The second kappa shape index (κ2) is 5.69. The highest BCUT2D eigenvalue weighted by atomic mass is 32.2. The number of carbonyl (C=O) groups is 1. The highest BCUT2D eigenvalue weighted by Crippen LogP contribution is 2.34. The summed E-state index contributed by atoms with van der Waals surface area (Å²) in [6.45, 7) is 0.0959. The lowest BCUT2D eigenvalue weighted by molar-refractivity contribution is -0.138. The number of carboxylic acids is 1. The maximum atomic E-state index is 12.4. The van der Waals surface area contributed by atoms with Crippen LogP contribution in [-0.4, -0.2) is 72.0 Å². The molecule has 0 spiro atoms. The van der Waals surface area contributed by atoms with Gasteiger partial charge in [-0.05, 0) is 22.4 Å². The molecule has 2 N–H and O–H groups in total. The summed E-state index contributed by atoms with van der Waals surface area (Å²) in [5.41, 5.74) is 0.512. The molecule has 1 fully saturated rings. The number of hydrogen-bond acceptors (Lipinski definition) is 8. The lowest BCUT2D eigenvalue weighted by Gasteiger charge is -2.23. The molecule has 0 amide bonds. The molecular weight excluding hydrogens is 340 g/mol. The predicted molar refractivity (Wildman–Crippen MR) is 82.1 cm³/mol.